The zero-order chi connectivity index (χ0) is 16.5. The van der Waals surface area contributed by atoms with Crippen molar-refractivity contribution in [1.29, 1.82) is 0 Å². The Balaban J connectivity index is 2.35. The van der Waals surface area contributed by atoms with E-state index in [1.807, 2.05) is 0 Å². The van der Waals surface area contributed by atoms with E-state index in [1.54, 1.807) is 13.0 Å². The minimum Gasteiger partial charge on any atom is -0.479 e. The topological polar surface area (TPSA) is 101 Å². The van der Waals surface area contributed by atoms with Crippen LogP contribution in [-0.2, 0) is 14.6 Å². The first-order valence-corrected chi connectivity index (χ1v) is 9.65. The van der Waals surface area contributed by atoms with Crippen LogP contribution in [0.1, 0.15) is 22.3 Å². The molecule has 0 unspecified atom stereocenters. The second kappa shape index (κ2) is 5.92. The number of aryl methyl sites for hydroxylation is 1. The predicted octanol–water partition coefficient (Wildman–Crippen LogP) is 1.09. The Kier molecular flexibility index (Phi) is 4.53. The Bertz CT molecular complexity index is 721. The van der Waals surface area contributed by atoms with Crippen LogP contribution in [0.4, 0.5) is 0 Å². The van der Waals surface area contributed by atoms with Gasteiger partial charge in [-0.05, 0) is 36.8 Å². The highest BCUT2D eigenvalue weighted by atomic mass is 32.2. The van der Waals surface area contributed by atoms with Gasteiger partial charge >= 0.3 is 5.97 Å². The molecular formula is C14H17NO5S2. The highest BCUT2D eigenvalue weighted by molar-refractivity contribution is 7.99. The molecule has 1 aromatic carbocycles. The average Bonchev–Trinajstić information content (AvgIpc) is 2.87. The lowest BCUT2D eigenvalue weighted by molar-refractivity contribution is -0.143. The van der Waals surface area contributed by atoms with E-state index < -0.39 is 27.3 Å². The summed E-state index contributed by atoms with van der Waals surface area (Å²) in [5.41, 5.74) is -0.508. The highest BCUT2D eigenvalue weighted by Crippen LogP contribution is 2.29. The van der Waals surface area contributed by atoms with E-state index in [-0.39, 0.29) is 10.5 Å². The van der Waals surface area contributed by atoms with Crippen molar-refractivity contribution in [2.75, 3.05) is 17.8 Å². The van der Waals surface area contributed by atoms with Crippen LogP contribution < -0.4 is 5.32 Å². The molecule has 1 atom stereocenters. The zero-order valence-corrected chi connectivity index (χ0v) is 13.9. The van der Waals surface area contributed by atoms with Gasteiger partial charge in [0.05, 0.1) is 4.90 Å². The van der Waals surface area contributed by atoms with Gasteiger partial charge in [-0.15, -0.1) is 0 Å². The molecule has 6 nitrogen and oxygen atoms in total. The molecule has 1 aliphatic heterocycles. The van der Waals surface area contributed by atoms with E-state index in [9.17, 15) is 23.1 Å². The first-order valence-electron chi connectivity index (χ1n) is 6.60. The van der Waals surface area contributed by atoms with Crippen molar-refractivity contribution in [3.05, 3.63) is 29.3 Å². The SMILES string of the molecule is Cc1ccc(S(C)(=O)=O)cc1C(=O)N[C@]1(C(=O)O)CCSC1. The normalized spacial score (nSPS) is 21.5. The number of amides is 1. The molecule has 8 heteroatoms. The summed E-state index contributed by atoms with van der Waals surface area (Å²) in [6.45, 7) is 1.68. The van der Waals surface area contributed by atoms with Crippen molar-refractivity contribution in [3.8, 4) is 0 Å². The molecule has 0 aliphatic carbocycles. The molecule has 1 aliphatic rings. The summed E-state index contributed by atoms with van der Waals surface area (Å²) >= 11 is 1.47. The van der Waals surface area contributed by atoms with E-state index in [2.05, 4.69) is 5.32 Å². The summed E-state index contributed by atoms with van der Waals surface area (Å²) in [6, 6.07) is 4.26. The van der Waals surface area contributed by atoms with E-state index in [0.717, 1.165) is 6.26 Å². The molecule has 1 aromatic rings. The number of hydrogen-bond acceptors (Lipinski definition) is 5. The van der Waals surface area contributed by atoms with Crippen LogP contribution in [0.25, 0.3) is 0 Å². The number of aliphatic carboxylic acids is 1. The maximum absolute atomic E-state index is 12.4. The number of nitrogens with one attached hydrogen (secondary N) is 1. The summed E-state index contributed by atoms with van der Waals surface area (Å²) in [6.07, 6.45) is 1.41. The van der Waals surface area contributed by atoms with Crippen molar-refractivity contribution in [2.24, 2.45) is 0 Å². The van der Waals surface area contributed by atoms with Crippen LogP contribution in [0.3, 0.4) is 0 Å². The number of thioether (sulfide) groups is 1. The Hall–Kier alpha value is -1.54. The monoisotopic (exact) mass is 343 g/mol. The first kappa shape index (κ1) is 16.8. The van der Waals surface area contributed by atoms with Crippen molar-refractivity contribution in [2.45, 2.75) is 23.8 Å². The van der Waals surface area contributed by atoms with Gasteiger partial charge in [0.2, 0.25) is 0 Å². The van der Waals surface area contributed by atoms with E-state index in [4.69, 9.17) is 0 Å². The van der Waals surface area contributed by atoms with Gasteiger partial charge < -0.3 is 10.4 Å². The number of rotatable bonds is 4. The van der Waals surface area contributed by atoms with Crippen LogP contribution >= 0.6 is 11.8 Å². The van der Waals surface area contributed by atoms with Gasteiger partial charge in [0.25, 0.3) is 5.91 Å². The van der Waals surface area contributed by atoms with E-state index >= 15 is 0 Å². The summed E-state index contributed by atoms with van der Waals surface area (Å²) in [4.78, 5) is 23.9. The van der Waals surface area contributed by atoms with Crippen LogP contribution in [0.15, 0.2) is 23.1 Å². The predicted molar refractivity (Wildman–Crippen MR) is 84.1 cm³/mol. The number of carbonyl (C=O) groups excluding carboxylic acids is 1. The minimum absolute atomic E-state index is 0.0356. The summed E-state index contributed by atoms with van der Waals surface area (Å²) in [7, 11) is -3.43. The van der Waals surface area contributed by atoms with Gasteiger partial charge in [-0.3, -0.25) is 4.79 Å². The lowest BCUT2D eigenvalue weighted by Gasteiger charge is -2.25. The summed E-state index contributed by atoms with van der Waals surface area (Å²) < 4.78 is 23.2. The van der Waals surface area contributed by atoms with Crippen LogP contribution in [-0.4, -0.2) is 48.7 Å². The van der Waals surface area contributed by atoms with E-state index in [1.165, 1.54) is 23.9 Å². The van der Waals surface area contributed by atoms with Gasteiger partial charge in [-0.2, -0.15) is 11.8 Å². The fourth-order valence-corrected chi connectivity index (χ4v) is 4.22. The number of sulfone groups is 1. The van der Waals surface area contributed by atoms with Gasteiger partial charge in [0, 0.05) is 17.6 Å². The molecule has 1 amide bonds. The lowest BCUT2D eigenvalue weighted by Crippen LogP contribution is -2.54. The zero-order valence-electron chi connectivity index (χ0n) is 12.3. The maximum Gasteiger partial charge on any atom is 0.330 e. The van der Waals surface area contributed by atoms with Gasteiger partial charge in [0.15, 0.2) is 9.84 Å². The van der Waals surface area contributed by atoms with Crippen LogP contribution in [0.2, 0.25) is 0 Å². The molecule has 2 N–H and O–H groups in total. The van der Waals surface area contributed by atoms with Gasteiger partial charge in [-0.25, -0.2) is 13.2 Å². The van der Waals surface area contributed by atoms with Crippen molar-refractivity contribution >= 4 is 33.5 Å². The van der Waals surface area contributed by atoms with Crippen LogP contribution in [0, 0.1) is 6.92 Å². The molecule has 1 heterocycles. The second-order valence-corrected chi connectivity index (χ2v) is 8.51. The molecular weight excluding hydrogens is 326 g/mol. The van der Waals surface area contributed by atoms with Gasteiger partial charge in [-0.1, -0.05) is 6.07 Å². The number of carboxylic acid groups (broad SMARTS) is 1. The number of benzene rings is 1. The molecule has 1 saturated heterocycles. The number of carbonyl (C=O) groups is 2. The molecule has 1 fully saturated rings. The first-order chi connectivity index (χ1) is 10.2. The molecule has 0 radical (unpaired) electrons. The highest BCUT2D eigenvalue weighted by Gasteiger charge is 2.43. The maximum atomic E-state index is 12.4. The third kappa shape index (κ3) is 3.27. The Morgan fingerprint density at radius 2 is 2.05 bits per heavy atom. The third-order valence-electron chi connectivity index (χ3n) is 3.67. The number of carboxylic acids is 1. The molecule has 0 bridgehead atoms. The summed E-state index contributed by atoms with van der Waals surface area (Å²) in [5.74, 6) is -0.663. The lowest BCUT2D eigenvalue weighted by atomic mass is 9.98. The Labute approximate surface area is 133 Å². The standard InChI is InChI=1S/C14H17NO5S2/c1-9-3-4-10(22(2,19)20)7-11(9)12(16)15-14(13(17)18)5-6-21-8-14/h3-4,7H,5-6,8H2,1-2H3,(H,15,16)(H,17,18)/t14-/m1/s1. The Morgan fingerprint density at radius 3 is 2.55 bits per heavy atom. The fourth-order valence-electron chi connectivity index (χ4n) is 2.25. The average molecular weight is 343 g/mol. The molecule has 0 saturated carbocycles. The van der Waals surface area contributed by atoms with Crippen molar-refractivity contribution in [1.82, 2.24) is 5.32 Å². The van der Waals surface area contributed by atoms with Crippen molar-refractivity contribution < 1.29 is 23.1 Å². The fraction of sp³-hybridized carbons (Fsp3) is 0.429. The summed E-state index contributed by atoms with van der Waals surface area (Å²) in [5, 5.41) is 12.0. The Morgan fingerprint density at radius 1 is 1.36 bits per heavy atom. The second-order valence-electron chi connectivity index (χ2n) is 5.39. The smallest absolute Gasteiger partial charge is 0.330 e. The van der Waals surface area contributed by atoms with Gasteiger partial charge in [0.1, 0.15) is 5.54 Å². The quantitative estimate of drug-likeness (QED) is 0.849. The minimum atomic E-state index is -3.43. The number of hydrogen-bond donors (Lipinski definition) is 2. The van der Waals surface area contributed by atoms with Crippen molar-refractivity contribution in [3.63, 3.8) is 0 Å². The third-order valence-corrected chi connectivity index (χ3v) is 5.97. The molecule has 0 spiro atoms. The molecule has 22 heavy (non-hydrogen) atoms. The molecule has 2 rings (SSSR count). The van der Waals surface area contributed by atoms with Crippen LogP contribution in [0.5, 0.6) is 0 Å². The largest absolute Gasteiger partial charge is 0.479 e. The molecule has 120 valence electrons. The molecule has 0 aromatic heterocycles. The van der Waals surface area contributed by atoms with E-state index in [0.29, 0.717) is 23.5 Å².